The monoisotopic (exact) mass is 683 g/mol. The number of benzene rings is 9. The molecule has 0 atom stereocenters. The molecular weight excluding hydrogens is 639 g/mol. The van der Waals surface area contributed by atoms with Gasteiger partial charge in [0.15, 0.2) is 0 Å². The van der Waals surface area contributed by atoms with Crippen molar-refractivity contribution in [1.29, 1.82) is 0 Å². The van der Waals surface area contributed by atoms with E-state index in [4.69, 9.17) is 0 Å². The molecule has 9 aromatic rings. The number of rotatable bonds is 8. The van der Waals surface area contributed by atoms with E-state index >= 15 is 0 Å². The van der Waals surface area contributed by atoms with Gasteiger partial charge in [-0.1, -0.05) is 182 Å². The van der Waals surface area contributed by atoms with Gasteiger partial charge in [0.2, 0.25) is 0 Å². The summed E-state index contributed by atoms with van der Waals surface area (Å²) in [6, 6.07) is 52.6. The standard InChI is InChI=1S/C52H37N/c1-3-12-38(13-4-1)40-22-24-41(25-23-40)42-28-32-49(33-29-42)53(52-21-10-9-20-51(52)44-15-5-2-6-16-44)50-34-30-43(31-35-50)46-18-11-19-47(36-46)48-27-26-39-14-7-8-17-45(39)37-48/h1-37H/i28D,29D,30D,31D,32D,33D,34D,35D. The molecule has 0 aliphatic carbocycles. The molecule has 0 aromatic heterocycles. The average molecular weight is 684 g/mol. The second kappa shape index (κ2) is 14.3. The third-order valence-corrected chi connectivity index (χ3v) is 9.42. The Kier molecular flexibility index (Phi) is 6.57. The Morgan fingerprint density at radius 2 is 0.717 bits per heavy atom. The number of nitrogens with zero attached hydrogens (tertiary/aromatic N) is 1. The predicted molar refractivity (Wildman–Crippen MR) is 226 cm³/mol. The zero-order valence-corrected chi connectivity index (χ0v) is 28.7. The fourth-order valence-corrected chi connectivity index (χ4v) is 6.69. The third-order valence-electron chi connectivity index (χ3n) is 9.42. The van der Waals surface area contributed by atoms with Crippen molar-refractivity contribution in [2.45, 2.75) is 0 Å². The van der Waals surface area contributed by atoms with E-state index in [0.717, 1.165) is 38.6 Å². The fraction of sp³-hybridized carbons (Fsp3) is 0. The first-order valence-electron chi connectivity index (χ1n) is 21.5. The highest BCUT2D eigenvalue weighted by Crippen LogP contribution is 2.42. The molecule has 1 nitrogen and oxygen atoms in total. The molecule has 53 heavy (non-hydrogen) atoms. The maximum atomic E-state index is 9.60. The Morgan fingerprint density at radius 3 is 1.38 bits per heavy atom. The van der Waals surface area contributed by atoms with Gasteiger partial charge in [0.25, 0.3) is 0 Å². The Balaban J connectivity index is 1.24. The number of para-hydroxylation sites is 1. The molecule has 0 radical (unpaired) electrons. The van der Waals surface area contributed by atoms with E-state index in [9.17, 15) is 11.0 Å². The normalized spacial score (nSPS) is 13.1. The van der Waals surface area contributed by atoms with E-state index in [2.05, 4.69) is 6.07 Å². The summed E-state index contributed by atoms with van der Waals surface area (Å²) in [5.74, 6) is 0. The van der Waals surface area contributed by atoms with Crippen molar-refractivity contribution in [2.75, 3.05) is 4.90 Å². The van der Waals surface area contributed by atoms with Gasteiger partial charge in [-0.05, 0) is 103 Å². The van der Waals surface area contributed by atoms with Gasteiger partial charge >= 0.3 is 0 Å². The van der Waals surface area contributed by atoms with Crippen LogP contribution in [0.2, 0.25) is 0 Å². The topological polar surface area (TPSA) is 3.24 Å². The first-order chi connectivity index (χ1) is 29.6. The van der Waals surface area contributed by atoms with Crippen LogP contribution >= 0.6 is 0 Å². The molecule has 0 aliphatic heterocycles. The van der Waals surface area contributed by atoms with Crippen LogP contribution in [0.25, 0.3) is 66.4 Å². The van der Waals surface area contributed by atoms with Gasteiger partial charge in [0.05, 0.1) is 16.7 Å². The van der Waals surface area contributed by atoms with Crippen molar-refractivity contribution in [1.82, 2.24) is 0 Å². The molecule has 0 aliphatic rings. The number of fused-ring (bicyclic) bond motifs is 1. The smallest absolute Gasteiger partial charge is 0.0645 e. The molecule has 0 fully saturated rings. The quantitative estimate of drug-likeness (QED) is 0.154. The van der Waals surface area contributed by atoms with Gasteiger partial charge in [0.1, 0.15) is 0 Å². The van der Waals surface area contributed by atoms with Gasteiger partial charge in [0, 0.05) is 16.9 Å². The van der Waals surface area contributed by atoms with E-state index in [1.54, 1.807) is 30.3 Å². The SMILES string of the molecule is [2H]c1c([2H])c(N(c2ccccc2-c2ccccc2)c2c([2H])c([2H])c(-c3cccc(-c4ccc5ccccc5c4)c3)c([2H])c2[2H])c([2H])c([2H])c1-c1ccc(-c2ccccc2)cc1. The Morgan fingerprint density at radius 1 is 0.283 bits per heavy atom. The maximum Gasteiger partial charge on any atom is 0.0645 e. The summed E-state index contributed by atoms with van der Waals surface area (Å²) in [6.45, 7) is 0. The summed E-state index contributed by atoms with van der Waals surface area (Å²) >= 11 is 0. The zero-order valence-electron chi connectivity index (χ0n) is 36.7. The lowest BCUT2D eigenvalue weighted by atomic mass is 9.97. The molecule has 0 unspecified atom stereocenters. The summed E-state index contributed by atoms with van der Waals surface area (Å²) < 4.78 is 75.9. The van der Waals surface area contributed by atoms with Gasteiger partial charge in [-0.15, -0.1) is 0 Å². The van der Waals surface area contributed by atoms with Gasteiger partial charge in [-0.3, -0.25) is 0 Å². The lowest BCUT2D eigenvalue weighted by Crippen LogP contribution is -2.11. The highest BCUT2D eigenvalue weighted by atomic mass is 15.1. The van der Waals surface area contributed by atoms with Crippen LogP contribution < -0.4 is 4.90 Å². The predicted octanol–water partition coefficient (Wildman–Crippen LogP) is 14.6. The van der Waals surface area contributed by atoms with Crippen molar-refractivity contribution in [3.05, 3.63) is 224 Å². The van der Waals surface area contributed by atoms with Crippen LogP contribution in [-0.4, -0.2) is 0 Å². The lowest BCUT2D eigenvalue weighted by Gasteiger charge is -2.28. The minimum absolute atomic E-state index is 0.103. The second-order valence-electron chi connectivity index (χ2n) is 12.8. The van der Waals surface area contributed by atoms with Gasteiger partial charge in [-0.2, -0.15) is 0 Å². The lowest BCUT2D eigenvalue weighted by molar-refractivity contribution is 1.28. The minimum atomic E-state index is -0.396. The molecule has 0 bridgehead atoms. The minimum Gasteiger partial charge on any atom is -0.310 e. The van der Waals surface area contributed by atoms with E-state index < -0.39 is 24.2 Å². The first-order valence-corrected chi connectivity index (χ1v) is 17.5. The van der Waals surface area contributed by atoms with E-state index in [-0.39, 0.29) is 46.7 Å². The van der Waals surface area contributed by atoms with Crippen molar-refractivity contribution < 1.29 is 11.0 Å². The Labute approximate surface area is 323 Å². The number of anilines is 3. The van der Waals surface area contributed by atoms with Crippen molar-refractivity contribution >= 4 is 27.8 Å². The highest BCUT2D eigenvalue weighted by molar-refractivity contribution is 5.90. The highest BCUT2D eigenvalue weighted by Gasteiger charge is 2.17. The summed E-state index contributed by atoms with van der Waals surface area (Å²) in [6.07, 6.45) is 0. The van der Waals surface area contributed by atoms with Crippen molar-refractivity contribution in [3.63, 3.8) is 0 Å². The summed E-state index contributed by atoms with van der Waals surface area (Å²) in [4.78, 5) is 1.38. The van der Waals surface area contributed by atoms with Crippen LogP contribution in [-0.2, 0) is 0 Å². The Bertz CT molecular complexity index is 3060. The molecule has 0 spiro atoms. The Hall–Kier alpha value is -6.96. The summed E-state index contributed by atoms with van der Waals surface area (Å²) in [7, 11) is 0. The van der Waals surface area contributed by atoms with Crippen molar-refractivity contribution in [2.24, 2.45) is 0 Å². The van der Waals surface area contributed by atoms with Crippen LogP contribution in [0.1, 0.15) is 11.0 Å². The van der Waals surface area contributed by atoms with Gasteiger partial charge < -0.3 is 4.90 Å². The molecule has 9 aromatic carbocycles. The first kappa shape index (κ1) is 24.3. The molecule has 0 N–H and O–H groups in total. The van der Waals surface area contributed by atoms with E-state index in [1.807, 2.05) is 140 Å². The molecule has 0 saturated heterocycles. The summed E-state index contributed by atoms with van der Waals surface area (Å²) in [5, 5.41) is 2.17. The van der Waals surface area contributed by atoms with Crippen molar-refractivity contribution in [3.8, 4) is 55.6 Å². The second-order valence-corrected chi connectivity index (χ2v) is 12.8. The fourth-order valence-electron chi connectivity index (χ4n) is 6.69. The van der Waals surface area contributed by atoms with Crippen LogP contribution in [0.3, 0.4) is 0 Å². The molecule has 0 heterocycles. The van der Waals surface area contributed by atoms with Crippen LogP contribution in [0.5, 0.6) is 0 Å². The number of hydrogen-bond acceptors (Lipinski definition) is 1. The average Bonchev–Trinajstić information content (AvgIpc) is 3.30. The molecule has 0 saturated carbocycles. The molecule has 0 amide bonds. The van der Waals surface area contributed by atoms with E-state index in [0.29, 0.717) is 22.4 Å². The van der Waals surface area contributed by atoms with Crippen LogP contribution in [0.4, 0.5) is 17.1 Å². The summed E-state index contributed by atoms with van der Waals surface area (Å²) in [5.41, 5.74) is 6.29. The van der Waals surface area contributed by atoms with Crippen LogP contribution in [0.15, 0.2) is 224 Å². The van der Waals surface area contributed by atoms with E-state index in [1.165, 1.54) is 4.90 Å². The largest absolute Gasteiger partial charge is 0.310 e. The third kappa shape index (κ3) is 6.65. The van der Waals surface area contributed by atoms with Crippen LogP contribution in [0, 0.1) is 0 Å². The number of hydrogen-bond donors (Lipinski definition) is 0. The zero-order chi connectivity index (χ0) is 42.4. The maximum absolute atomic E-state index is 9.60. The molecule has 1 heteroatoms. The molecular formula is C52H37N. The molecule has 250 valence electrons. The molecule has 9 rings (SSSR count). The van der Waals surface area contributed by atoms with Gasteiger partial charge in [-0.25, -0.2) is 0 Å².